The molecule has 30 heavy (non-hydrogen) atoms. The average Bonchev–Trinajstić information content (AvgIpc) is 2.72. The van der Waals surface area contributed by atoms with Gasteiger partial charge < -0.3 is 14.2 Å². The van der Waals surface area contributed by atoms with Crippen molar-refractivity contribution in [2.45, 2.75) is 13.8 Å². The van der Waals surface area contributed by atoms with Crippen molar-refractivity contribution in [1.82, 2.24) is 16.2 Å². The molecule has 0 saturated carbocycles. The monoisotopic (exact) mass is 431 g/mol. The number of ether oxygens (including phenoxy) is 3. The number of hydrogen-bond donors (Lipinski definition) is 3. The number of carbonyl (C=O) groups is 2. The summed E-state index contributed by atoms with van der Waals surface area (Å²) >= 11 is 5.03. The van der Waals surface area contributed by atoms with Gasteiger partial charge in [0.05, 0.1) is 6.61 Å². The lowest BCUT2D eigenvalue weighted by atomic mass is 10.1. The highest BCUT2D eigenvalue weighted by Gasteiger charge is 2.10. The van der Waals surface area contributed by atoms with E-state index >= 15 is 0 Å². The van der Waals surface area contributed by atoms with E-state index < -0.39 is 11.8 Å². The van der Waals surface area contributed by atoms with Crippen LogP contribution >= 0.6 is 12.2 Å². The zero-order chi connectivity index (χ0) is 21.9. The van der Waals surface area contributed by atoms with Crippen molar-refractivity contribution < 1.29 is 23.8 Å². The summed E-state index contributed by atoms with van der Waals surface area (Å²) in [6.45, 7) is 4.51. The van der Waals surface area contributed by atoms with E-state index in [2.05, 4.69) is 16.2 Å². The Morgan fingerprint density at radius 2 is 1.60 bits per heavy atom. The molecule has 0 fully saturated rings. The average molecular weight is 432 g/mol. The molecule has 0 aliphatic heterocycles. The largest absolute Gasteiger partial charge is 0.491 e. The van der Waals surface area contributed by atoms with Crippen LogP contribution in [0.4, 0.5) is 0 Å². The molecule has 0 atom stereocenters. The first-order valence-corrected chi connectivity index (χ1v) is 9.62. The topological polar surface area (TPSA) is 97.9 Å². The van der Waals surface area contributed by atoms with Crippen LogP contribution in [0.2, 0.25) is 0 Å². The normalized spacial score (nSPS) is 10.1. The molecule has 9 heteroatoms. The Balaban J connectivity index is 1.74. The number of benzene rings is 2. The standard InChI is InChI=1S/C21H25N3O5S/c1-14-5-4-6-15(2)19(14)29-13-18(25)23-24-21(30)22-20(26)16-7-9-17(10-8-16)28-12-11-27-3/h4-10H,11-13H2,1-3H3,(H,23,25)(H2,22,24,26,30). The smallest absolute Gasteiger partial charge is 0.276 e. The van der Waals surface area contributed by atoms with Crippen molar-refractivity contribution >= 4 is 29.1 Å². The molecule has 2 aromatic rings. The van der Waals surface area contributed by atoms with Crippen LogP contribution in [0.5, 0.6) is 11.5 Å². The zero-order valence-corrected chi connectivity index (χ0v) is 17.9. The Morgan fingerprint density at radius 1 is 0.933 bits per heavy atom. The Hall–Kier alpha value is -3.17. The van der Waals surface area contributed by atoms with Gasteiger partial charge in [-0.3, -0.25) is 25.8 Å². The predicted octanol–water partition coefficient (Wildman–Crippen LogP) is 2.04. The van der Waals surface area contributed by atoms with E-state index in [9.17, 15) is 9.59 Å². The number of hydrazine groups is 1. The summed E-state index contributed by atoms with van der Waals surface area (Å²) in [5, 5.41) is 2.44. The van der Waals surface area contributed by atoms with Crippen molar-refractivity contribution in [2.24, 2.45) is 0 Å². The van der Waals surface area contributed by atoms with Crippen LogP contribution in [0, 0.1) is 13.8 Å². The van der Waals surface area contributed by atoms with Gasteiger partial charge in [0.25, 0.3) is 11.8 Å². The van der Waals surface area contributed by atoms with Gasteiger partial charge in [-0.25, -0.2) is 0 Å². The van der Waals surface area contributed by atoms with Gasteiger partial charge >= 0.3 is 0 Å². The fourth-order valence-corrected chi connectivity index (χ4v) is 2.62. The molecule has 3 N–H and O–H groups in total. The molecule has 0 aromatic heterocycles. The minimum absolute atomic E-state index is 0.0409. The number of thiocarbonyl (C=S) groups is 1. The Labute approximate surface area is 180 Å². The second-order valence-electron chi connectivity index (χ2n) is 6.33. The van der Waals surface area contributed by atoms with E-state index in [1.54, 1.807) is 31.4 Å². The van der Waals surface area contributed by atoms with E-state index in [-0.39, 0.29) is 11.7 Å². The molecule has 0 heterocycles. The maximum absolute atomic E-state index is 12.2. The van der Waals surface area contributed by atoms with Gasteiger partial charge in [-0.05, 0) is 61.5 Å². The lowest BCUT2D eigenvalue weighted by molar-refractivity contribution is -0.123. The van der Waals surface area contributed by atoms with Crippen LogP contribution in [0.1, 0.15) is 21.5 Å². The summed E-state index contributed by atoms with van der Waals surface area (Å²) in [4.78, 5) is 24.2. The lowest BCUT2D eigenvalue weighted by Gasteiger charge is -2.13. The number of nitrogens with one attached hydrogen (secondary N) is 3. The van der Waals surface area contributed by atoms with Gasteiger partial charge in [0, 0.05) is 12.7 Å². The summed E-state index contributed by atoms with van der Waals surface area (Å²) in [7, 11) is 1.59. The Bertz CT molecular complexity index is 866. The van der Waals surface area contributed by atoms with Crippen molar-refractivity contribution in [1.29, 1.82) is 0 Å². The molecule has 0 saturated heterocycles. The van der Waals surface area contributed by atoms with Crippen molar-refractivity contribution in [3.8, 4) is 11.5 Å². The molecule has 2 rings (SSSR count). The van der Waals surface area contributed by atoms with Crippen molar-refractivity contribution in [2.75, 3.05) is 26.9 Å². The first kappa shape index (κ1) is 23.1. The van der Waals surface area contributed by atoms with E-state index in [1.807, 2.05) is 32.0 Å². The van der Waals surface area contributed by atoms with Crippen LogP contribution in [-0.2, 0) is 9.53 Å². The van der Waals surface area contributed by atoms with Gasteiger partial charge in [0.2, 0.25) is 0 Å². The number of rotatable bonds is 8. The molecule has 0 unspecified atom stereocenters. The third-order valence-electron chi connectivity index (χ3n) is 3.97. The van der Waals surface area contributed by atoms with Crippen LogP contribution in [0.15, 0.2) is 42.5 Å². The van der Waals surface area contributed by atoms with Crippen molar-refractivity contribution in [3.63, 3.8) is 0 Å². The first-order chi connectivity index (χ1) is 14.4. The highest BCUT2D eigenvalue weighted by atomic mass is 32.1. The molecule has 0 radical (unpaired) electrons. The van der Waals surface area contributed by atoms with E-state index in [4.69, 9.17) is 26.4 Å². The Morgan fingerprint density at radius 3 is 2.23 bits per heavy atom. The maximum atomic E-state index is 12.2. The third kappa shape index (κ3) is 7.34. The first-order valence-electron chi connectivity index (χ1n) is 9.21. The third-order valence-corrected chi connectivity index (χ3v) is 4.18. The fraction of sp³-hybridized carbons (Fsp3) is 0.286. The summed E-state index contributed by atoms with van der Waals surface area (Å²) in [6, 6.07) is 12.3. The SMILES string of the molecule is COCCOc1ccc(C(=O)NC(=S)NNC(=O)COc2c(C)cccc2C)cc1. The van der Waals surface area contributed by atoms with Crippen molar-refractivity contribution in [3.05, 3.63) is 59.2 Å². The second kappa shape index (κ2) is 11.7. The highest BCUT2D eigenvalue weighted by Crippen LogP contribution is 2.21. The molecule has 0 aliphatic carbocycles. The van der Waals surface area contributed by atoms with Gasteiger partial charge in [-0.15, -0.1) is 0 Å². The molecule has 2 aromatic carbocycles. The van der Waals surface area contributed by atoms with Crippen LogP contribution < -0.4 is 25.6 Å². The van der Waals surface area contributed by atoms with Crippen LogP contribution in [0.3, 0.4) is 0 Å². The van der Waals surface area contributed by atoms with Crippen LogP contribution in [0.25, 0.3) is 0 Å². The maximum Gasteiger partial charge on any atom is 0.276 e. The molecule has 8 nitrogen and oxygen atoms in total. The number of carbonyl (C=O) groups excluding carboxylic acids is 2. The molecular formula is C21H25N3O5S. The quantitative estimate of drug-likeness (QED) is 0.334. The number of aryl methyl sites for hydroxylation is 2. The molecular weight excluding hydrogens is 406 g/mol. The molecule has 2 amide bonds. The van der Waals surface area contributed by atoms with Gasteiger partial charge in [-0.1, -0.05) is 18.2 Å². The van der Waals surface area contributed by atoms with Gasteiger partial charge in [0.15, 0.2) is 11.7 Å². The predicted molar refractivity (Wildman–Crippen MR) is 117 cm³/mol. The lowest BCUT2D eigenvalue weighted by Crippen LogP contribution is -2.49. The summed E-state index contributed by atoms with van der Waals surface area (Å²) in [5.74, 6) is 0.433. The number of methoxy groups -OCH3 is 1. The van der Waals surface area contributed by atoms with E-state index in [1.165, 1.54) is 0 Å². The summed E-state index contributed by atoms with van der Waals surface area (Å²) < 4.78 is 15.9. The second-order valence-corrected chi connectivity index (χ2v) is 6.74. The minimum Gasteiger partial charge on any atom is -0.491 e. The van der Waals surface area contributed by atoms with Gasteiger partial charge in [0.1, 0.15) is 18.1 Å². The number of para-hydroxylation sites is 1. The Kier molecular flexibility index (Phi) is 9.04. The zero-order valence-electron chi connectivity index (χ0n) is 17.1. The van der Waals surface area contributed by atoms with E-state index in [0.29, 0.717) is 30.3 Å². The van der Waals surface area contributed by atoms with E-state index in [0.717, 1.165) is 11.1 Å². The molecule has 160 valence electrons. The van der Waals surface area contributed by atoms with Crippen LogP contribution in [-0.4, -0.2) is 43.9 Å². The molecule has 0 spiro atoms. The molecule has 0 bridgehead atoms. The summed E-state index contributed by atoms with van der Waals surface area (Å²) in [6.07, 6.45) is 0. The molecule has 0 aliphatic rings. The highest BCUT2D eigenvalue weighted by molar-refractivity contribution is 7.80. The number of hydrogen-bond acceptors (Lipinski definition) is 6. The minimum atomic E-state index is -0.438. The number of amides is 2. The summed E-state index contributed by atoms with van der Waals surface area (Å²) in [5.41, 5.74) is 7.13. The fourth-order valence-electron chi connectivity index (χ4n) is 2.48. The van der Waals surface area contributed by atoms with Gasteiger partial charge in [-0.2, -0.15) is 0 Å².